The second-order valence-corrected chi connectivity index (χ2v) is 4.76. The van der Waals surface area contributed by atoms with Gasteiger partial charge in [0, 0.05) is 11.1 Å². The molecule has 0 aromatic heterocycles. The highest BCUT2D eigenvalue weighted by molar-refractivity contribution is 6.31. The minimum Gasteiger partial charge on any atom is -0.327 e. The molecule has 1 aromatic carbocycles. The van der Waals surface area contributed by atoms with Crippen LogP contribution in [0.3, 0.4) is 0 Å². The molecule has 2 atom stereocenters. The van der Waals surface area contributed by atoms with Gasteiger partial charge in [0.15, 0.2) is 0 Å². The second kappa shape index (κ2) is 5.53. The van der Waals surface area contributed by atoms with E-state index in [0.29, 0.717) is 5.92 Å². The average molecular weight is 226 g/mol. The highest BCUT2D eigenvalue weighted by Gasteiger charge is 2.12. The maximum atomic E-state index is 6.17. The van der Waals surface area contributed by atoms with Crippen LogP contribution in [0.5, 0.6) is 0 Å². The molecule has 0 spiro atoms. The Morgan fingerprint density at radius 2 is 2.07 bits per heavy atom. The lowest BCUT2D eigenvalue weighted by Gasteiger charge is -2.18. The quantitative estimate of drug-likeness (QED) is 0.833. The Kier molecular flexibility index (Phi) is 4.62. The van der Waals surface area contributed by atoms with Crippen LogP contribution in [0.1, 0.15) is 31.4 Å². The van der Waals surface area contributed by atoms with E-state index in [1.54, 1.807) is 0 Å². The van der Waals surface area contributed by atoms with Crippen molar-refractivity contribution in [2.24, 2.45) is 11.7 Å². The number of hydrogen-bond donors (Lipinski definition) is 1. The zero-order chi connectivity index (χ0) is 11.4. The predicted molar refractivity (Wildman–Crippen MR) is 67.3 cm³/mol. The van der Waals surface area contributed by atoms with E-state index < -0.39 is 0 Å². The molecule has 0 saturated heterocycles. The third kappa shape index (κ3) is 3.51. The first-order chi connectivity index (χ1) is 7.04. The summed E-state index contributed by atoms with van der Waals surface area (Å²) in [6, 6.07) is 6.38. The molecule has 1 nitrogen and oxygen atoms in total. The maximum Gasteiger partial charge on any atom is 0.0441 e. The lowest BCUT2D eigenvalue weighted by atomic mass is 9.93. The van der Waals surface area contributed by atoms with Crippen molar-refractivity contribution in [1.29, 1.82) is 0 Å². The summed E-state index contributed by atoms with van der Waals surface area (Å²) in [6.07, 6.45) is 1.98. The summed E-state index contributed by atoms with van der Waals surface area (Å²) < 4.78 is 0. The Labute approximate surface area is 97.6 Å². The van der Waals surface area contributed by atoms with Crippen LogP contribution in [-0.4, -0.2) is 6.04 Å². The molecular weight excluding hydrogens is 206 g/mol. The van der Waals surface area contributed by atoms with Gasteiger partial charge in [-0.15, -0.1) is 0 Å². The Hall–Kier alpha value is -0.530. The van der Waals surface area contributed by atoms with Crippen molar-refractivity contribution in [3.63, 3.8) is 0 Å². The SMILES string of the molecule is CCC(C)C(N)Cc1ccc(C)cc1Cl. The van der Waals surface area contributed by atoms with E-state index in [1.807, 2.05) is 13.0 Å². The minimum atomic E-state index is 0.204. The molecule has 84 valence electrons. The molecule has 2 N–H and O–H groups in total. The number of rotatable bonds is 4. The van der Waals surface area contributed by atoms with Gasteiger partial charge in [0.2, 0.25) is 0 Å². The van der Waals surface area contributed by atoms with Gasteiger partial charge >= 0.3 is 0 Å². The number of benzene rings is 1. The predicted octanol–water partition coefficient (Wildman–Crippen LogP) is 3.56. The Balaban J connectivity index is 2.72. The third-order valence-corrected chi connectivity index (χ3v) is 3.39. The summed E-state index contributed by atoms with van der Waals surface area (Å²) in [5.74, 6) is 0.544. The molecule has 0 heterocycles. The first kappa shape index (κ1) is 12.5. The van der Waals surface area contributed by atoms with Crippen molar-refractivity contribution < 1.29 is 0 Å². The molecule has 0 saturated carbocycles. The fourth-order valence-corrected chi connectivity index (χ4v) is 1.89. The first-order valence-electron chi connectivity index (χ1n) is 5.55. The molecule has 15 heavy (non-hydrogen) atoms. The zero-order valence-corrected chi connectivity index (χ0v) is 10.5. The van der Waals surface area contributed by atoms with Gasteiger partial charge in [-0.25, -0.2) is 0 Å². The van der Waals surface area contributed by atoms with Crippen LogP contribution in [0.2, 0.25) is 5.02 Å². The average Bonchev–Trinajstić information content (AvgIpc) is 2.20. The standard InChI is InChI=1S/C13H20ClN/c1-4-10(3)13(15)8-11-6-5-9(2)7-12(11)14/h5-7,10,13H,4,8,15H2,1-3H3. The molecule has 2 heteroatoms. The topological polar surface area (TPSA) is 26.0 Å². The molecule has 0 fully saturated rings. The number of aryl methyl sites for hydroxylation is 1. The number of hydrogen-bond acceptors (Lipinski definition) is 1. The van der Waals surface area contributed by atoms with Crippen molar-refractivity contribution >= 4 is 11.6 Å². The van der Waals surface area contributed by atoms with Gasteiger partial charge < -0.3 is 5.73 Å². The maximum absolute atomic E-state index is 6.17. The summed E-state index contributed by atoms with van der Waals surface area (Å²) in [7, 11) is 0. The molecule has 0 amide bonds. The summed E-state index contributed by atoms with van der Waals surface area (Å²) >= 11 is 6.17. The summed E-state index contributed by atoms with van der Waals surface area (Å²) in [6.45, 7) is 6.40. The van der Waals surface area contributed by atoms with Crippen LogP contribution in [0.25, 0.3) is 0 Å². The molecule has 1 rings (SSSR count). The van der Waals surface area contributed by atoms with E-state index in [4.69, 9.17) is 17.3 Å². The fourth-order valence-electron chi connectivity index (χ4n) is 1.58. The monoisotopic (exact) mass is 225 g/mol. The van der Waals surface area contributed by atoms with Gasteiger partial charge in [0.25, 0.3) is 0 Å². The lowest BCUT2D eigenvalue weighted by Crippen LogP contribution is -2.30. The van der Waals surface area contributed by atoms with Crippen LogP contribution in [0, 0.1) is 12.8 Å². The van der Waals surface area contributed by atoms with Crippen molar-refractivity contribution in [2.75, 3.05) is 0 Å². The van der Waals surface area contributed by atoms with E-state index in [-0.39, 0.29) is 6.04 Å². The van der Waals surface area contributed by atoms with Crippen molar-refractivity contribution in [3.05, 3.63) is 34.3 Å². The number of halogens is 1. The van der Waals surface area contributed by atoms with E-state index in [0.717, 1.165) is 23.4 Å². The highest BCUT2D eigenvalue weighted by Crippen LogP contribution is 2.20. The van der Waals surface area contributed by atoms with Crippen LogP contribution in [0.4, 0.5) is 0 Å². The zero-order valence-electron chi connectivity index (χ0n) is 9.76. The molecular formula is C13H20ClN. The Bertz CT molecular complexity index is 322. The number of nitrogens with two attached hydrogens (primary N) is 1. The largest absolute Gasteiger partial charge is 0.327 e. The van der Waals surface area contributed by atoms with Crippen molar-refractivity contribution in [3.8, 4) is 0 Å². The van der Waals surface area contributed by atoms with E-state index >= 15 is 0 Å². The Morgan fingerprint density at radius 1 is 1.40 bits per heavy atom. The van der Waals surface area contributed by atoms with Gasteiger partial charge in [-0.3, -0.25) is 0 Å². The van der Waals surface area contributed by atoms with Gasteiger partial charge in [0.1, 0.15) is 0 Å². The summed E-state index contributed by atoms with van der Waals surface area (Å²) in [4.78, 5) is 0. The van der Waals surface area contributed by atoms with Crippen LogP contribution >= 0.6 is 11.6 Å². The molecule has 0 aliphatic rings. The molecule has 0 radical (unpaired) electrons. The smallest absolute Gasteiger partial charge is 0.0441 e. The van der Waals surface area contributed by atoms with E-state index in [2.05, 4.69) is 26.0 Å². The van der Waals surface area contributed by atoms with Crippen LogP contribution in [-0.2, 0) is 6.42 Å². The summed E-state index contributed by atoms with van der Waals surface area (Å²) in [5, 5.41) is 0.841. The molecule has 2 unspecified atom stereocenters. The second-order valence-electron chi connectivity index (χ2n) is 4.35. The van der Waals surface area contributed by atoms with E-state index in [1.165, 1.54) is 5.56 Å². The lowest BCUT2D eigenvalue weighted by molar-refractivity contribution is 0.440. The van der Waals surface area contributed by atoms with Gasteiger partial charge in [-0.05, 0) is 36.5 Å². The molecule has 0 aliphatic heterocycles. The third-order valence-electron chi connectivity index (χ3n) is 3.04. The first-order valence-corrected chi connectivity index (χ1v) is 5.93. The van der Waals surface area contributed by atoms with Gasteiger partial charge in [-0.1, -0.05) is 44.0 Å². The molecule has 1 aromatic rings. The van der Waals surface area contributed by atoms with Crippen molar-refractivity contribution in [2.45, 2.75) is 39.7 Å². The molecule has 0 aliphatic carbocycles. The minimum absolute atomic E-state index is 0.204. The Morgan fingerprint density at radius 3 is 2.60 bits per heavy atom. The van der Waals surface area contributed by atoms with Crippen molar-refractivity contribution in [1.82, 2.24) is 0 Å². The van der Waals surface area contributed by atoms with Crippen LogP contribution < -0.4 is 5.73 Å². The van der Waals surface area contributed by atoms with Gasteiger partial charge in [0.05, 0.1) is 0 Å². The fraction of sp³-hybridized carbons (Fsp3) is 0.538. The van der Waals surface area contributed by atoms with E-state index in [9.17, 15) is 0 Å². The summed E-state index contributed by atoms with van der Waals surface area (Å²) in [5.41, 5.74) is 8.47. The van der Waals surface area contributed by atoms with Crippen LogP contribution in [0.15, 0.2) is 18.2 Å². The van der Waals surface area contributed by atoms with Gasteiger partial charge in [-0.2, -0.15) is 0 Å². The normalized spacial score (nSPS) is 15.0. The highest BCUT2D eigenvalue weighted by atomic mass is 35.5. The molecule has 0 bridgehead atoms.